The van der Waals surface area contributed by atoms with Crippen molar-refractivity contribution in [2.75, 3.05) is 13.1 Å². The van der Waals surface area contributed by atoms with Gasteiger partial charge in [0.25, 0.3) is 17.5 Å². The number of amides is 2. The summed E-state index contributed by atoms with van der Waals surface area (Å²) in [6, 6.07) is 4.32. The van der Waals surface area contributed by atoms with Gasteiger partial charge in [0.15, 0.2) is 0 Å². The molecule has 0 spiro atoms. The number of hydrogen-bond acceptors (Lipinski definition) is 5. The molecule has 2 aromatic rings. The summed E-state index contributed by atoms with van der Waals surface area (Å²) >= 11 is 3.11. The van der Waals surface area contributed by atoms with Gasteiger partial charge in [0.1, 0.15) is 0 Å². The number of nitro groups is 1. The number of nitrogens with zero attached hydrogens (tertiary/aromatic N) is 4. The first-order chi connectivity index (χ1) is 12.8. The maximum atomic E-state index is 12.6. The van der Waals surface area contributed by atoms with Crippen molar-refractivity contribution in [1.29, 1.82) is 0 Å². The van der Waals surface area contributed by atoms with E-state index in [9.17, 15) is 19.7 Å². The number of benzene rings is 1. The summed E-state index contributed by atoms with van der Waals surface area (Å²) in [6.07, 6.45) is 4.40. The van der Waals surface area contributed by atoms with E-state index in [-0.39, 0.29) is 29.1 Å². The minimum absolute atomic E-state index is 0.0268. The highest BCUT2D eigenvalue weighted by Crippen LogP contribution is 2.26. The van der Waals surface area contributed by atoms with Crippen molar-refractivity contribution in [1.82, 2.24) is 20.0 Å². The van der Waals surface area contributed by atoms with Crippen LogP contribution in [0.15, 0.2) is 35.1 Å². The first-order valence-corrected chi connectivity index (χ1v) is 9.17. The Morgan fingerprint density at radius 3 is 2.59 bits per heavy atom. The van der Waals surface area contributed by atoms with Crippen LogP contribution in [-0.4, -0.2) is 50.5 Å². The van der Waals surface area contributed by atoms with Crippen molar-refractivity contribution >= 4 is 33.4 Å². The van der Waals surface area contributed by atoms with Gasteiger partial charge in [0.2, 0.25) is 0 Å². The minimum Gasteiger partial charge on any atom is -0.349 e. The second-order valence-corrected chi connectivity index (χ2v) is 7.22. The topological polar surface area (TPSA) is 110 Å². The van der Waals surface area contributed by atoms with E-state index in [4.69, 9.17) is 0 Å². The van der Waals surface area contributed by atoms with Crippen molar-refractivity contribution in [2.45, 2.75) is 18.9 Å². The molecular weight excluding hydrogens is 418 g/mol. The Morgan fingerprint density at radius 1 is 1.30 bits per heavy atom. The van der Waals surface area contributed by atoms with Gasteiger partial charge < -0.3 is 10.2 Å². The molecule has 0 unspecified atom stereocenters. The third-order valence-corrected chi connectivity index (χ3v) is 5.14. The Kier molecular flexibility index (Phi) is 5.54. The van der Waals surface area contributed by atoms with Crippen LogP contribution in [0, 0.1) is 10.1 Å². The van der Waals surface area contributed by atoms with Crippen LogP contribution in [0.2, 0.25) is 0 Å². The first-order valence-electron chi connectivity index (χ1n) is 8.38. The van der Waals surface area contributed by atoms with E-state index in [1.807, 2.05) is 0 Å². The number of carbonyl (C=O) groups excluding carboxylic acids is 2. The number of halogens is 1. The molecule has 0 bridgehead atoms. The Bertz CT molecular complexity index is 889. The third kappa shape index (κ3) is 4.33. The van der Waals surface area contributed by atoms with E-state index in [1.165, 1.54) is 18.3 Å². The quantitative estimate of drug-likeness (QED) is 0.583. The molecule has 2 heterocycles. The molecular formula is C17H18BrN5O4. The summed E-state index contributed by atoms with van der Waals surface area (Å²) in [4.78, 5) is 37.0. The van der Waals surface area contributed by atoms with Gasteiger partial charge in [-0.2, -0.15) is 5.10 Å². The number of piperidine rings is 1. The minimum atomic E-state index is -0.527. The van der Waals surface area contributed by atoms with Crippen LogP contribution in [0.25, 0.3) is 0 Å². The first kappa shape index (κ1) is 19.0. The highest BCUT2D eigenvalue weighted by molar-refractivity contribution is 9.10. The van der Waals surface area contributed by atoms with Crippen LogP contribution in [0.4, 0.5) is 5.69 Å². The molecule has 0 aliphatic carbocycles. The predicted molar refractivity (Wildman–Crippen MR) is 100 cm³/mol. The summed E-state index contributed by atoms with van der Waals surface area (Å²) in [5.74, 6) is -0.431. The van der Waals surface area contributed by atoms with Crippen molar-refractivity contribution in [3.8, 4) is 0 Å². The van der Waals surface area contributed by atoms with E-state index in [2.05, 4.69) is 26.3 Å². The van der Waals surface area contributed by atoms with E-state index in [0.717, 1.165) is 0 Å². The molecule has 9 nitrogen and oxygen atoms in total. The van der Waals surface area contributed by atoms with Crippen LogP contribution < -0.4 is 5.32 Å². The van der Waals surface area contributed by atoms with E-state index < -0.39 is 4.92 Å². The fourth-order valence-corrected chi connectivity index (χ4v) is 3.39. The third-order valence-electron chi connectivity index (χ3n) is 4.47. The zero-order valence-electron chi connectivity index (χ0n) is 14.6. The summed E-state index contributed by atoms with van der Waals surface area (Å²) < 4.78 is 1.90. The molecule has 1 fully saturated rings. The molecule has 27 heavy (non-hydrogen) atoms. The molecule has 1 N–H and O–H groups in total. The van der Waals surface area contributed by atoms with Crippen molar-refractivity contribution < 1.29 is 14.5 Å². The van der Waals surface area contributed by atoms with Gasteiger partial charge in [0, 0.05) is 44.0 Å². The highest BCUT2D eigenvalue weighted by Gasteiger charge is 2.26. The van der Waals surface area contributed by atoms with E-state index in [0.29, 0.717) is 36.0 Å². The molecule has 0 radical (unpaired) electrons. The molecule has 0 atom stereocenters. The van der Waals surface area contributed by atoms with Gasteiger partial charge in [-0.3, -0.25) is 24.4 Å². The molecule has 0 saturated carbocycles. The summed E-state index contributed by atoms with van der Waals surface area (Å²) in [5.41, 5.74) is 0.639. The number of hydrogen-bond donors (Lipinski definition) is 1. The second kappa shape index (κ2) is 7.87. The SMILES string of the molecule is Cn1cc(C(=O)NC2CCN(C(=O)c3ccc(Br)c([N+](=O)[O-])c3)CC2)cn1. The lowest BCUT2D eigenvalue weighted by molar-refractivity contribution is -0.385. The number of likely N-dealkylation sites (tertiary alicyclic amines) is 1. The Labute approximate surface area is 163 Å². The van der Waals surface area contributed by atoms with Crippen molar-refractivity contribution in [2.24, 2.45) is 7.05 Å². The van der Waals surface area contributed by atoms with Crippen LogP contribution >= 0.6 is 15.9 Å². The summed E-state index contributed by atoms with van der Waals surface area (Å²) in [6.45, 7) is 0.946. The maximum Gasteiger partial charge on any atom is 0.284 e. The Balaban J connectivity index is 1.59. The number of nitro benzene ring substituents is 1. The molecule has 1 aliphatic rings. The Morgan fingerprint density at radius 2 is 2.00 bits per heavy atom. The summed E-state index contributed by atoms with van der Waals surface area (Å²) in [7, 11) is 1.74. The lowest BCUT2D eigenvalue weighted by Crippen LogP contribution is -2.46. The van der Waals surface area contributed by atoms with Crippen molar-refractivity contribution in [3.63, 3.8) is 0 Å². The van der Waals surface area contributed by atoms with Gasteiger partial charge in [-0.25, -0.2) is 0 Å². The molecule has 10 heteroatoms. The Hall–Kier alpha value is -2.75. The zero-order chi connectivity index (χ0) is 19.6. The van der Waals surface area contributed by atoms with Gasteiger partial charge in [-0.15, -0.1) is 0 Å². The normalized spacial score (nSPS) is 14.8. The number of aromatic nitrogens is 2. The molecule has 1 aliphatic heterocycles. The monoisotopic (exact) mass is 435 g/mol. The molecule has 3 rings (SSSR count). The van der Waals surface area contributed by atoms with Gasteiger partial charge in [-0.1, -0.05) is 0 Å². The van der Waals surface area contributed by atoms with Crippen LogP contribution in [0.1, 0.15) is 33.6 Å². The van der Waals surface area contributed by atoms with Crippen LogP contribution in [0.3, 0.4) is 0 Å². The second-order valence-electron chi connectivity index (χ2n) is 6.37. The van der Waals surface area contributed by atoms with E-state index >= 15 is 0 Å². The number of aryl methyl sites for hydroxylation is 1. The molecule has 1 saturated heterocycles. The fourth-order valence-electron chi connectivity index (χ4n) is 3.00. The smallest absolute Gasteiger partial charge is 0.284 e. The largest absolute Gasteiger partial charge is 0.349 e. The zero-order valence-corrected chi connectivity index (χ0v) is 16.2. The molecule has 1 aromatic carbocycles. The lowest BCUT2D eigenvalue weighted by atomic mass is 10.0. The molecule has 1 aromatic heterocycles. The number of rotatable bonds is 4. The van der Waals surface area contributed by atoms with Gasteiger partial charge in [0.05, 0.1) is 21.2 Å². The van der Waals surface area contributed by atoms with E-state index in [1.54, 1.807) is 28.9 Å². The number of nitrogens with one attached hydrogen (secondary N) is 1. The molecule has 142 valence electrons. The molecule has 2 amide bonds. The van der Waals surface area contributed by atoms with Gasteiger partial charge in [-0.05, 0) is 40.9 Å². The highest BCUT2D eigenvalue weighted by atomic mass is 79.9. The maximum absolute atomic E-state index is 12.6. The average Bonchev–Trinajstić information content (AvgIpc) is 3.08. The summed E-state index contributed by atoms with van der Waals surface area (Å²) in [5, 5.41) is 18.0. The lowest BCUT2D eigenvalue weighted by Gasteiger charge is -2.32. The standard InChI is InChI=1S/C17H18BrN5O4/c1-21-10-12(9-19-21)16(24)20-13-4-6-22(7-5-13)17(25)11-2-3-14(18)15(8-11)23(26)27/h2-3,8-10,13H,4-7H2,1H3,(H,20,24). The van der Waals surface area contributed by atoms with Crippen LogP contribution in [-0.2, 0) is 7.05 Å². The average molecular weight is 436 g/mol. The van der Waals surface area contributed by atoms with Gasteiger partial charge >= 0.3 is 0 Å². The predicted octanol–water partition coefficient (Wildman–Crippen LogP) is 2.13. The van der Waals surface area contributed by atoms with Crippen molar-refractivity contribution in [3.05, 3.63) is 56.3 Å². The van der Waals surface area contributed by atoms with Crippen LogP contribution in [0.5, 0.6) is 0 Å². The fraction of sp³-hybridized carbons (Fsp3) is 0.353. The number of carbonyl (C=O) groups is 2.